The van der Waals surface area contributed by atoms with Gasteiger partial charge in [-0.25, -0.2) is 4.98 Å². The first kappa shape index (κ1) is 14.7. The molecular weight excluding hydrogens is 298 g/mol. The summed E-state index contributed by atoms with van der Waals surface area (Å²) in [5.41, 5.74) is 3.90. The van der Waals surface area contributed by atoms with Crippen molar-refractivity contribution in [3.05, 3.63) is 67.0 Å². The Hall–Kier alpha value is -2.88. The molecule has 2 aromatic carbocycles. The second-order valence-electron chi connectivity index (χ2n) is 6.17. The van der Waals surface area contributed by atoms with Gasteiger partial charge in [-0.15, -0.1) is 0 Å². The number of nitrogens with one attached hydrogen (secondary N) is 1. The van der Waals surface area contributed by atoms with Crippen LogP contribution >= 0.6 is 0 Å². The van der Waals surface area contributed by atoms with Crippen molar-refractivity contribution >= 4 is 22.6 Å². The van der Waals surface area contributed by atoms with E-state index in [0.29, 0.717) is 12.3 Å². The molecule has 0 bridgehead atoms. The molecule has 0 radical (unpaired) electrons. The average Bonchev–Trinajstić information content (AvgIpc) is 3.25. The third-order valence-corrected chi connectivity index (χ3v) is 4.44. The van der Waals surface area contributed by atoms with Gasteiger partial charge in [0.1, 0.15) is 6.33 Å². The summed E-state index contributed by atoms with van der Waals surface area (Å²) < 4.78 is 2.05. The highest BCUT2D eigenvalue weighted by molar-refractivity contribution is 5.91. The number of fused-ring (bicyclic) bond motifs is 1. The molecule has 1 heterocycles. The molecular formula is C20H19N3O. The number of rotatable bonds is 4. The van der Waals surface area contributed by atoms with Crippen LogP contribution in [0.4, 0.5) is 5.69 Å². The Morgan fingerprint density at radius 1 is 1.17 bits per heavy atom. The fraction of sp³-hybridized carbons (Fsp3) is 0.200. The smallest absolute Gasteiger partial charge is 0.224 e. The standard InChI is InChI=1S/C20H19N3O/c24-20(13-15-5-1-2-6-15)22-16-9-11-17(12-10-16)23-14-21-18-7-3-4-8-19(18)23/h1,3-5,7-12,14-15H,2,6,13H2,(H,22,24)/t15-/m1/s1. The van der Waals surface area contributed by atoms with Crippen LogP contribution < -0.4 is 5.32 Å². The van der Waals surface area contributed by atoms with Gasteiger partial charge in [0.2, 0.25) is 5.91 Å². The molecule has 120 valence electrons. The first-order valence-corrected chi connectivity index (χ1v) is 8.29. The largest absolute Gasteiger partial charge is 0.326 e. The van der Waals surface area contributed by atoms with Gasteiger partial charge < -0.3 is 5.32 Å². The number of anilines is 1. The maximum absolute atomic E-state index is 12.1. The summed E-state index contributed by atoms with van der Waals surface area (Å²) >= 11 is 0. The third-order valence-electron chi connectivity index (χ3n) is 4.44. The molecule has 4 nitrogen and oxygen atoms in total. The lowest BCUT2D eigenvalue weighted by atomic mass is 10.1. The molecule has 0 spiro atoms. The van der Waals surface area contributed by atoms with Crippen molar-refractivity contribution in [1.82, 2.24) is 9.55 Å². The van der Waals surface area contributed by atoms with Gasteiger partial charge in [-0.2, -0.15) is 0 Å². The van der Waals surface area contributed by atoms with Crippen LogP contribution in [0.2, 0.25) is 0 Å². The summed E-state index contributed by atoms with van der Waals surface area (Å²) in [7, 11) is 0. The third kappa shape index (κ3) is 2.95. The van der Waals surface area contributed by atoms with Crippen LogP contribution in [0, 0.1) is 5.92 Å². The topological polar surface area (TPSA) is 46.9 Å². The number of aromatic nitrogens is 2. The Labute approximate surface area is 140 Å². The second kappa shape index (κ2) is 6.32. The van der Waals surface area contributed by atoms with Gasteiger partial charge in [-0.1, -0.05) is 24.3 Å². The molecule has 1 amide bonds. The van der Waals surface area contributed by atoms with Gasteiger partial charge in [-0.05, 0) is 55.2 Å². The molecule has 0 unspecified atom stereocenters. The van der Waals surface area contributed by atoms with Gasteiger partial charge in [-0.3, -0.25) is 9.36 Å². The molecule has 1 aliphatic rings. The Morgan fingerprint density at radius 2 is 2.00 bits per heavy atom. The minimum atomic E-state index is 0.0763. The minimum absolute atomic E-state index is 0.0763. The van der Waals surface area contributed by atoms with E-state index < -0.39 is 0 Å². The molecule has 24 heavy (non-hydrogen) atoms. The minimum Gasteiger partial charge on any atom is -0.326 e. The summed E-state index contributed by atoms with van der Waals surface area (Å²) in [5, 5.41) is 2.98. The predicted octanol–water partition coefficient (Wildman–Crippen LogP) is 4.32. The molecule has 1 atom stereocenters. The fourth-order valence-electron chi connectivity index (χ4n) is 3.19. The SMILES string of the molecule is O=C(C[C@@H]1C=CCC1)Nc1ccc(-n2cnc3ccccc32)cc1. The highest BCUT2D eigenvalue weighted by atomic mass is 16.1. The van der Waals surface area contributed by atoms with Crippen molar-refractivity contribution in [2.24, 2.45) is 5.92 Å². The summed E-state index contributed by atoms with van der Waals surface area (Å²) in [6.45, 7) is 0. The average molecular weight is 317 g/mol. The number of amides is 1. The van der Waals surface area contributed by atoms with Crippen LogP contribution in [0.5, 0.6) is 0 Å². The Balaban J connectivity index is 1.48. The maximum Gasteiger partial charge on any atom is 0.224 e. The van der Waals surface area contributed by atoms with Crippen LogP contribution in [0.3, 0.4) is 0 Å². The van der Waals surface area contributed by atoms with Crippen LogP contribution in [0.15, 0.2) is 67.0 Å². The molecule has 4 rings (SSSR count). The van der Waals surface area contributed by atoms with Crippen LogP contribution in [-0.2, 0) is 4.79 Å². The number of allylic oxidation sites excluding steroid dienone is 2. The Kier molecular flexibility index (Phi) is 3.87. The molecule has 0 saturated carbocycles. The molecule has 4 heteroatoms. The number of carbonyl (C=O) groups excluding carboxylic acids is 1. The Bertz CT molecular complexity index is 893. The van der Waals surface area contributed by atoms with Crippen molar-refractivity contribution in [2.45, 2.75) is 19.3 Å². The predicted molar refractivity (Wildman–Crippen MR) is 96.2 cm³/mol. The molecule has 1 N–H and O–H groups in total. The zero-order valence-corrected chi connectivity index (χ0v) is 13.4. The van der Waals surface area contributed by atoms with Gasteiger partial charge in [0, 0.05) is 17.8 Å². The van der Waals surface area contributed by atoms with Crippen LogP contribution in [-0.4, -0.2) is 15.5 Å². The van der Waals surface area contributed by atoms with Gasteiger partial charge in [0.05, 0.1) is 11.0 Å². The highest BCUT2D eigenvalue weighted by Crippen LogP contribution is 2.22. The lowest BCUT2D eigenvalue weighted by molar-refractivity contribution is -0.116. The number of imidazole rings is 1. The maximum atomic E-state index is 12.1. The fourth-order valence-corrected chi connectivity index (χ4v) is 3.19. The zero-order chi connectivity index (χ0) is 16.4. The van der Waals surface area contributed by atoms with E-state index in [9.17, 15) is 4.79 Å². The van der Waals surface area contributed by atoms with E-state index in [1.54, 1.807) is 0 Å². The van der Waals surface area contributed by atoms with Crippen molar-refractivity contribution < 1.29 is 4.79 Å². The molecule has 0 fully saturated rings. The van der Waals surface area contributed by atoms with E-state index in [-0.39, 0.29) is 5.91 Å². The number of para-hydroxylation sites is 2. The first-order chi connectivity index (χ1) is 11.8. The van der Waals surface area contributed by atoms with Crippen molar-refractivity contribution in [1.29, 1.82) is 0 Å². The zero-order valence-electron chi connectivity index (χ0n) is 13.4. The number of carbonyl (C=O) groups is 1. The summed E-state index contributed by atoms with van der Waals surface area (Å²) in [4.78, 5) is 16.5. The summed E-state index contributed by atoms with van der Waals surface area (Å²) in [6, 6.07) is 15.9. The Morgan fingerprint density at radius 3 is 2.79 bits per heavy atom. The lowest BCUT2D eigenvalue weighted by Gasteiger charge is -2.10. The quantitative estimate of drug-likeness (QED) is 0.728. The van der Waals surface area contributed by atoms with E-state index in [1.807, 2.05) is 59.4 Å². The van der Waals surface area contributed by atoms with E-state index >= 15 is 0 Å². The number of nitrogens with zero attached hydrogens (tertiary/aromatic N) is 2. The normalized spacial score (nSPS) is 16.6. The number of hydrogen-bond acceptors (Lipinski definition) is 2. The molecule has 0 saturated heterocycles. The van der Waals surface area contributed by atoms with E-state index in [2.05, 4.69) is 22.5 Å². The van der Waals surface area contributed by atoms with Crippen LogP contribution in [0.25, 0.3) is 16.7 Å². The summed E-state index contributed by atoms with van der Waals surface area (Å²) in [6.07, 6.45) is 8.86. The van der Waals surface area contributed by atoms with E-state index in [1.165, 1.54) is 0 Å². The second-order valence-corrected chi connectivity index (χ2v) is 6.17. The van der Waals surface area contributed by atoms with E-state index in [0.717, 1.165) is 35.2 Å². The molecule has 1 aromatic heterocycles. The first-order valence-electron chi connectivity index (χ1n) is 8.29. The lowest BCUT2D eigenvalue weighted by Crippen LogP contribution is -2.14. The van der Waals surface area contributed by atoms with E-state index in [4.69, 9.17) is 0 Å². The van der Waals surface area contributed by atoms with Gasteiger partial charge in [0.25, 0.3) is 0 Å². The highest BCUT2D eigenvalue weighted by Gasteiger charge is 2.14. The molecule has 1 aliphatic carbocycles. The monoisotopic (exact) mass is 317 g/mol. The number of benzene rings is 2. The van der Waals surface area contributed by atoms with Crippen molar-refractivity contribution in [3.8, 4) is 5.69 Å². The van der Waals surface area contributed by atoms with Crippen LogP contribution in [0.1, 0.15) is 19.3 Å². The van der Waals surface area contributed by atoms with Gasteiger partial charge >= 0.3 is 0 Å². The van der Waals surface area contributed by atoms with Crippen molar-refractivity contribution in [2.75, 3.05) is 5.32 Å². The van der Waals surface area contributed by atoms with Gasteiger partial charge in [0.15, 0.2) is 0 Å². The van der Waals surface area contributed by atoms with Crippen molar-refractivity contribution in [3.63, 3.8) is 0 Å². The molecule has 3 aromatic rings. The molecule has 0 aliphatic heterocycles. The summed E-state index contributed by atoms with van der Waals surface area (Å²) in [5.74, 6) is 0.467. The number of hydrogen-bond donors (Lipinski definition) is 1.